The summed E-state index contributed by atoms with van der Waals surface area (Å²) >= 11 is 0. The lowest BCUT2D eigenvalue weighted by atomic mass is 10.2. The quantitative estimate of drug-likeness (QED) is 0.740. The highest BCUT2D eigenvalue weighted by atomic mass is 16.5. The van der Waals surface area contributed by atoms with Crippen molar-refractivity contribution in [2.24, 2.45) is 0 Å². The molecule has 0 radical (unpaired) electrons. The number of hydrogen-bond acceptors (Lipinski definition) is 4. The van der Waals surface area contributed by atoms with Gasteiger partial charge in [0, 0.05) is 51.4 Å². The molecule has 23 heavy (non-hydrogen) atoms. The molecule has 0 bridgehead atoms. The van der Waals surface area contributed by atoms with E-state index in [0.717, 1.165) is 51.6 Å². The number of anilines is 1. The van der Waals surface area contributed by atoms with Crippen LogP contribution in [0.2, 0.25) is 0 Å². The minimum atomic E-state index is 0.178. The van der Waals surface area contributed by atoms with Gasteiger partial charge >= 0.3 is 0 Å². The number of nitrogens with one attached hydrogen (secondary N) is 1. The van der Waals surface area contributed by atoms with E-state index in [4.69, 9.17) is 4.74 Å². The van der Waals surface area contributed by atoms with Gasteiger partial charge in [0.15, 0.2) is 0 Å². The Morgan fingerprint density at radius 1 is 1.30 bits per heavy atom. The molecule has 1 aromatic rings. The van der Waals surface area contributed by atoms with Crippen molar-refractivity contribution in [1.82, 2.24) is 10.2 Å². The highest BCUT2D eigenvalue weighted by Crippen LogP contribution is 2.16. The molecule has 1 aliphatic rings. The van der Waals surface area contributed by atoms with Crippen LogP contribution in [0.15, 0.2) is 24.3 Å². The lowest BCUT2D eigenvalue weighted by molar-refractivity contribution is -0.118. The van der Waals surface area contributed by atoms with Gasteiger partial charge in [-0.25, -0.2) is 0 Å². The Morgan fingerprint density at radius 3 is 2.78 bits per heavy atom. The third kappa shape index (κ3) is 5.94. The second-order valence-electron chi connectivity index (χ2n) is 5.93. The number of ether oxygens (including phenoxy) is 1. The van der Waals surface area contributed by atoms with Crippen molar-refractivity contribution in [2.75, 3.05) is 57.4 Å². The molecule has 1 fully saturated rings. The van der Waals surface area contributed by atoms with Crippen LogP contribution in [0.1, 0.15) is 18.9 Å². The Hall–Kier alpha value is -1.43. The van der Waals surface area contributed by atoms with Gasteiger partial charge in [-0.1, -0.05) is 12.1 Å². The molecule has 1 aromatic carbocycles. The van der Waals surface area contributed by atoms with Gasteiger partial charge in [-0.15, -0.1) is 0 Å². The standard InChI is InChI=1S/C18H29N3O2/c1-3-21(17-6-4-5-16(2)15-17)18(22)7-8-19-9-10-20-11-13-23-14-12-20/h4-6,15,19H,3,7-14H2,1-2H3. The smallest absolute Gasteiger partial charge is 0.228 e. The third-order valence-corrected chi connectivity index (χ3v) is 4.15. The van der Waals surface area contributed by atoms with Crippen LogP contribution in [0.5, 0.6) is 0 Å². The molecule has 1 aliphatic heterocycles. The second-order valence-corrected chi connectivity index (χ2v) is 5.93. The van der Waals surface area contributed by atoms with Gasteiger partial charge in [0.25, 0.3) is 0 Å². The SMILES string of the molecule is CCN(C(=O)CCNCCN1CCOCC1)c1cccc(C)c1. The Bertz CT molecular complexity index is 487. The van der Waals surface area contributed by atoms with Crippen molar-refractivity contribution in [3.05, 3.63) is 29.8 Å². The Labute approximate surface area is 139 Å². The number of benzene rings is 1. The summed E-state index contributed by atoms with van der Waals surface area (Å²) in [6.45, 7) is 11.1. The summed E-state index contributed by atoms with van der Waals surface area (Å²) in [5.41, 5.74) is 2.17. The number of aryl methyl sites for hydroxylation is 1. The third-order valence-electron chi connectivity index (χ3n) is 4.15. The number of hydrogen-bond donors (Lipinski definition) is 1. The van der Waals surface area contributed by atoms with Crippen molar-refractivity contribution in [1.29, 1.82) is 0 Å². The zero-order valence-electron chi connectivity index (χ0n) is 14.4. The van der Waals surface area contributed by atoms with Gasteiger partial charge in [0.05, 0.1) is 13.2 Å². The Morgan fingerprint density at radius 2 is 2.09 bits per heavy atom. The first-order chi connectivity index (χ1) is 11.2. The maximum atomic E-state index is 12.4. The van der Waals surface area contributed by atoms with Gasteiger partial charge in [0.2, 0.25) is 5.91 Å². The van der Waals surface area contributed by atoms with Crippen LogP contribution >= 0.6 is 0 Å². The second kappa shape index (κ2) is 9.65. The molecule has 0 spiro atoms. The molecule has 0 aromatic heterocycles. The maximum absolute atomic E-state index is 12.4. The van der Waals surface area contributed by atoms with Gasteiger partial charge in [-0.05, 0) is 31.5 Å². The zero-order chi connectivity index (χ0) is 16.5. The summed E-state index contributed by atoms with van der Waals surface area (Å²) in [5.74, 6) is 0.178. The van der Waals surface area contributed by atoms with E-state index in [-0.39, 0.29) is 5.91 Å². The molecule has 1 amide bonds. The predicted molar refractivity (Wildman–Crippen MR) is 94.0 cm³/mol. The number of amides is 1. The highest BCUT2D eigenvalue weighted by Gasteiger charge is 2.13. The van der Waals surface area contributed by atoms with Crippen LogP contribution in [0.3, 0.4) is 0 Å². The van der Waals surface area contributed by atoms with Crippen molar-refractivity contribution >= 4 is 11.6 Å². The van der Waals surface area contributed by atoms with Crippen LogP contribution in [-0.4, -0.2) is 63.3 Å². The van der Waals surface area contributed by atoms with Crippen molar-refractivity contribution < 1.29 is 9.53 Å². The average molecular weight is 319 g/mol. The van der Waals surface area contributed by atoms with E-state index < -0.39 is 0 Å². The highest BCUT2D eigenvalue weighted by molar-refractivity contribution is 5.93. The van der Waals surface area contributed by atoms with E-state index in [1.807, 2.05) is 24.0 Å². The molecule has 1 saturated heterocycles. The van der Waals surface area contributed by atoms with Crippen LogP contribution in [0.25, 0.3) is 0 Å². The first kappa shape index (κ1) is 17.9. The molecular weight excluding hydrogens is 290 g/mol. The fraction of sp³-hybridized carbons (Fsp3) is 0.611. The minimum absolute atomic E-state index is 0.178. The summed E-state index contributed by atoms with van der Waals surface area (Å²) < 4.78 is 5.34. The molecule has 2 rings (SSSR count). The fourth-order valence-electron chi connectivity index (χ4n) is 2.82. The summed E-state index contributed by atoms with van der Waals surface area (Å²) in [4.78, 5) is 16.7. The summed E-state index contributed by atoms with van der Waals surface area (Å²) in [6, 6.07) is 8.11. The van der Waals surface area contributed by atoms with Crippen LogP contribution in [0, 0.1) is 6.92 Å². The van der Waals surface area contributed by atoms with Crippen LogP contribution < -0.4 is 10.2 Å². The number of nitrogens with zero attached hydrogens (tertiary/aromatic N) is 2. The zero-order valence-corrected chi connectivity index (χ0v) is 14.4. The van der Waals surface area contributed by atoms with Crippen LogP contribution in [0.4, 0.5) is 5.69 Å². The topological polar surface area (TPSA) is 44.8 Å². The van der Waals surface area contributed by atoms with E-state index in [1.165, 1.54) is 5.56 Å². The van der Waals surface area contributed by atoms with E-state index in [9.17, 15) is 4.79 Å². The molecule has 0 saturated carbocycles. The lowest BCUT2D eigenvalue weighted by Gasteiger charge is -2.26. The van der Waals surface area contributed by atoms with Crippen molar-refractivity contribution in [3.63, 3.8) is 0 Å². The molecule has 5 nitrogen and oxygen atoms in total. The molecule has 1 N–H and O–H groups in total. The van der Waals surface area contributed by atoms with Crippen molar-refractivity contribution in [2.45, 2.75) is 20.3 Å². The molecule has 0 atom stereocenters. The fourth-order valence-corrected chi connectivity index (χ4v) is 2.82. The van der Waals surface area contributed by atoms with Crippen molar-refractivity contribution in [3.8, 4) is 0 Å². The average Bonchev–Trinajstić information content (AvgIpc) is 2.56. The monoisotopic (exact) mass is 319 g/mol. The van der Waals surface area contributed by atoms with Gasteiger partial charge in [0.1, 0.15) is 0 Å². The van der Waals surface area contributed by atoms with Gasteiger partial charge in [-0.2, -0.15) is 0 Å². The number of carbonyl (C=O) groups is 1. The molecule has 0 aliphatic carbocycles. The first-order valence-corrected chi connectivity index (χ1v) is 8.58. The first-order valence-electron chi connectivity index (χ1n) is 8.58. The lowest BCUT2D eigenvalue weighted by Crippen LogP contribution is -2.41. The summed E-state index contributed by atoms with van der Waals surface area (Å²) in [6.07, 6.45) is 0.533. The summed E-state index contributed by atoms with van der Waals surface area (Å²) in [5, 5.41) is 3.38. The normalized spacial score (nSPS) is 15.6. The molecular formula is C18H29N3O2. The van der Waals surface area contributed by atoms with Gasteiger partial charge in [-0.3, -0.25) is 9.69 Å². The molecule has 5 heteroatoms. The van der Waals surface area contributed by atoms with Crippen LogP contribution in [-0.2, 0) is 9.53 Å². The Kier molecular flexibility index (Phi) is 7.52. The van der Waals surface area contributed by atoms with E-state index in [2.05, 4.69) is 29.3 Å². The maximum Gasteiger partial charge on any atom is 0.228 e. The minimum Gasteiger partial charge on any atom is -0.379 e. The number of rotatable bonds is 8. The molecule has 128 valence electrons. The predicted octanol–water partition coefficient (Wildman–Crippen LogP) is 1.66. The van der Waals surface area contributed by atoms with E-state index >= 15 is 0 Å². The van der Waals surface area contributed by atoms with Gasteiger partial charge < -0.3 is 15.0 Å². The van der Waals surface area contributed by atoms with E-state index in [0.29, 0.717) is 13.0 Å². The molecule has 0 unspecified atom stereocenters. The largest absolute Gasteiger partial charge is 0.379 e. The number of morpholine rings is 1. The van der Waals surface area contributed by atoms with E-state index in [1.54, 1.807) is 0 Å². The Balaban J connectivity index is 1.68. The summed E-state index contributed by atoms with van der Waals surface area (Å²) in [7, 11) is 0. The number of carbonyl (C=O) groups excluding carboxylic acids is 1. The molecule has 1 heterocycles.